The molecule has 0 aromatic heterocycles. The number of carbonyl (C=O) groups is 3. The van der Waals surface area contributed by atoms with Gasteiger partial charge in [0.15, 0.2) is 17.3 Å². The van der Waals surface area contributed by atoms with Crippen molar-refractivity contribution in [2.24, 2.45) is 0 Å². The van der Waals surface area contributed by atoms with E-state index in [2.05, 4.69) is 5.32 Å². The topological polar surface area (TPSA) is 90.9 Å². The van der Waals surface area contributed by atoms with Gasteiger partial charge in [-0.25, -0.2) is 4.79 Å². The fourth-order valence-electron chi connectivity index (χ4n) is 4.98. The van der Waals surface area contributed by atoms with E-state index in [0.717, 1.165) is 11.3 Å². The molecular weight excluding hydrogens is 458 g/mol. The molecule has 4 rings (SSSR count). The van der Waals surface area contributed by atoms with Gasteiger partial charge in [0.2, 0.25) is 0 Å². The number of esters is 2. The number of nitrogens with one attached hydrogen (secondary N) is 1. The minimum absolute atomic E-state index is 0.0149. The number of methoxy groups -OCH3 is 1. The third kappa shape index (κ3) is 5.05. The smallest absolute Gasteiger partial charge is 0.336 e. The molecule has 1 aliphatic carbocycles. The van der Waals surface area contributed by atoms with Crippen molar-refractivity contribution in [1.29, 1.82) is 0 Å². The first-order valence-electron chi connectivity index (χ1n) is 12.2. The molecule has 188 valence electrons. The van der Waals surface area contributed by atoms with Crippen LogP contribution in [0.4, 0.5) is 0 Å². The molecule has 0 spiro atoms. The third-order valence-corrected chi connectivity index (χ3v) is 6.53. The van der Waals surface area contributed by atoms with Gasteiger partial charge in [-0.15, -0.1) is 0 Å². The number of ketones is 1. The zero-order valence-corrected chi connectivity index (χ0v) is 21.1. The van der Waals surface area contributed by atoms with E-state index in [1.54, 1.807) is 18.2 Å². The van der Waals surface area contributed by atoms with E-state index in [1.807, 2.05) is 44.2 Å². The van der Waals surface area contributed by atoms with Crippen molar-refractivity contribution in [2.45, 2.75) is 51.9 Å². The molecule has 2 atom stereocenters. The van der Waals surface area contributed by atoms with E-state index in [9.17, 15) is 14.4 Å². The highest BCUT2D eigenvalue weighted by Gasteiger charge is 2.41. The summed E-state index contributed by atoms with van der Waals surface area (Å²) in [4.78, 5) is 38.4. The number of ether oxygens (including phenoxy) is 3. The second kappa shape index (κ2) is 10.8. The highest BCUT2D eigenvalue weighted by molar-refractivity contribution is 6.04. The highest BCUT2D eigenvalue weighted by Crippen LogP contribution is 2.47. The summed E-state index contributed by atoms with van der Waals surface area (Å²) in [7, 11) is 1.48. The van der Waals surface area contributed by atoms with Crippen molar-refractivity contribution in [2.75, 3.05) is 13.7 Å². The van der Waals surface area contributed by atoms with Gasteiger partial charge in [-0.2, -0.15) is 0 Å². The van der Waals surface area contributed by atoms with Crippen LogP contribution in [0.15, 0.2) is 71.1 Å². The van der Waals surface area contributed by atoms with Gasteiger partial charge in [-0.1, -0.05) is 43.3 Å². The molecule has 0 amide bonds. The molecule has 1 N–H and O–H groups in total. The number of carbonyl (C=O) groups excluding carboxylic acids is 3. The summed E-state index contributed by atoms with van der Waals surface area (Å²) in [5.74, 6) is -0.914. The van der Waals surface area contributed by atoms with Gasteiger partial charge >= 0.3 is 11.9 Å². The van der Waals surface area contributed by atoms with Crippen LogP contribution < -0.4 is 14.8 Å². The maximum atomic E-state index is 13.7. The Balaban J connectivity index is 1.81. The van der Waals surface area contributed by atoms with Crippen molar-refractivity contribution >= 4 is 17.7 Å². The lowest BCUT2D eigenvalue weighted by Crippen LogP contribution is -2.36. The maximum absolute atomic E-state index is 13.7. The van der Waals surface area contributed by atoms with Crippen molar-refractivity contribution in [3.8, 4) is 11.5 Å². The first-order chi connectivity index (χ1) is 17.3. The van der Waals surface area contributed by atoms with Crippen LogP contribution in [-0.4, -0.2) is 31.4 Å². The molecule has 36 heavy (non-hydrogen) atoms. The van der Waals surface area contributed by atoms with Crippen LogP contribution in [0.3, 0.4) is 0 Å². The lowest BCUT2D eigenvalue weighted by molar-refractivity contribution is -0.139. The molecule has 1 aliphatic heterocycles. The van der Waals surface area contributed by atoms with Crippen LogP contribution in [0.1, 0.15) is 63.0 Å². The number of allylic oxidation sites excluding steroid dienone is 3. The number of dihydropyridines is 1. The van der Waals surface area contributed by atoms with Crippen molar-refractivity contribution in [1.82, 2.24) is 5.32 Å². The van der Waals surface area contributed by atoms with Crippen molar-refractivity contribution in [3.63, 3.8) is 0 Å². The molecule has 7 heteroatoms. The van der Waals surface area contributed by atoms with E-state index < -0.39 is 17.9 Å². The van der Waals surface area contributed by atoms with E-state index in [0.29, 0.717) is 47.4 Å². The largest absolute Gasteiger partial charge is 0.493 e. The Labute approximate surface area is 211 Å². The molecule has 0 unspecified atom stereocenters. The second-order valence-corrected chi connectivity index (χ2v) is 9.07. The van der Waals surface area contributed by atoms with Crippen LogP contribution in [-0.2, 0) is 19.1 Å². The van der Waals surface area contributed by atoms with Gasteiger partial charge in [-0.05, 0) is 48.9 Å². The summed E-state index contributed by atoms with van der Waals surface area (Å²) >= 11 is 0. The monoisotopic (exact) mass is 489 g/mol. The average molecular weight is 490 g/mol. The molecular formula is C29H31NO6. The maximum Gasteiger partial charge on any atom is 0.336 e. The van der Waals surface area contributed by atoms with Gasteiger partial charge in [0, 0.05) is 36.2 Å². The standard InChI is InChI=1S/C29H31NO6/c1-5-13-35-29(33)26-17(2)30-22-14-21(19-9-7-6-8-10-19)15-23(32)28(22)27(26)20-11-12-24(36-18(3)31)25(16-20)34-4/h6-12,16,21,27,30H,5,13-15H2,1-4H3/t21-,27+/m1/s1. The summed E-state index contributed by atoms with van der Waals surface area (Å²) in [5, 5.41) is 3.36. The molecule has 2 aliphatic rings. The number of benzene rings is 2. The lowest BCUT2D eigenvalue weighted by Gasteiger charge is -2.36. The molecule has 0 saturated carbocycles. The SMILES string of the molecule is CCCOC(=O)C1=C(C)NC2=C(C(=O)C[C@H](c3ccccc3)C2)[C@H]1c1ccc(OC(C)=O)c(OC)c1. The molecule has 0 radical (unpaired) electrons. The van der Waals surface area contributed by atoms with E-state index in [-0.39, 0.29) is 24.1 Å². The Morgan fingerprint density at radius 2 is 1.78 bits per heavy atom. The summed E-state index contributed by atoms with van der Waals surface area (Å²) in [6.45, 7) is 5.36. The Kier molecular flexibility index (Phi) is 7.58. The second-order valence-electron chi connectivity index (χ2n) is 9.07. The van der Waals surface area contributed by atoms with Gasteiger partial charge < -0.3 is 19.5 Å². The normalized spacial score (nSPS) is 19.4. The Morgan fingerprint density at radius 3 is 2.44 bits per heavy atom. The Hall–Kier alpha value is -3.87. The first kappa shape index (κ1) is 25.2. The van der Waals surface area contributed by atoms with E-state index in [1.165, 1.54) is 14.0 Å². The summed E-state index contributed by atoms with van der Waals surface area (Å²) in [5.41, 5.74) is 4.24. The lowest BCUT2D eigenvalue weighted by atomic mass is 9.71. The van der Waals surface area contributed by atoms with Gasteiger partial charge in [0.05, 0.1) is 19.3 Å². The van der Waals surface area contributed by atoms with E-state index >= 15 is 0 Å². The van der Waals surface area contributed by atoms with Gasteiger partial charge in [-0.3, -0.25) is 9.59 Å². The van der Waals surface area contributed by atoms with Crippen LogP contribution in [0.5, 0.6) is 11.5 Å². The molecule has 2 aromatic rings. The van der Waals surface area contributed by atoms with Crippen molar-refractivity contribution in [3.05, 3.63) is 82.2 Å². The fraction of sp³-hybridized carbons (Fsp3) is 0.345. The van der Waals surface area contributed by atoms with Crippen LogP contribution >= 0.6 is 0 Å². The number of rotatable bonds is 7. The predicted molar refractivity (Wildman–Crippen MR) is 135 cm³/mol. The van der Waals surface area contributed by atoms with Crippen LogP contribution in [0.25, 0.3) is 0 Å². The zero-order chi connectivity index (χ0) is 25.8. The number of hydrogen-bond acceptors (Lipinski definition) is 7. The van der Waals surface area contributed by atoms with Crippen LogP contribution in [0.2, 0.25) is 0 Å². The molecule has 0 saturated heterocycles. The fourth-order valence-corrected chi connectivity index (χ4v) is 4.98. The average Bonchev–Trinajstić information content (AvgIpc) is 2.86. The zero-order valence-electron chi connectivity index (χ0n) is 21.1. The molecule has 2 aromatic carbocycles. The Morgan fingerprint density at radius 1 is 1.03 bits per heavy atom. The minimum Gasteiger partial charge on any atom is -0.493 e. The quantitative estimate of drug-likeness (QED) is 0.435. The summed E-state index contributed by atoms with van der Waals surface area (Å²) < 4.78 is 16.3. The molecule has 7 nitrogen and oxygen atoms in total. The van der Waals surface area contributed by atoms with Gasteiger partial charge in [0.25, 0.3) is 0 Å². The number of Topliss-reactive ketones (excluding diaryl/α,β-unsaturated/α-hetero) is 1. The van der Waals surface area contributed by atoms with Crippen molar-refractivity contribution < 1.29 is 28.6 Å². The predicted octanol–water partition coefficient (Wildman–Crippen LogP) is 4.94. The molecule has 0 fully saturated rings. The minimum atomic E-state index is -0.630. The van der Waals surface area contributed by atoms with Gasteiger partial charge in [0.1, 0.15) is 0 Å². The van der Waals surface area contributed by atoms with E-state index in [4.69, 9.17) is 14.2 Å². The number of hydrogen-bond donors (Lipinski definition) is 1. The molecule has 1 heterocycles. The molecule has 0 bridgehead atoms. The summed E-state index contributed by atoms with van der Waals surface area (Å²) in [6.07, 6.45) is 1.69. The van der Waals surface area contributed by atoms with Crippen LogP contribution in [0, 0.1) is 0 Å². The first-order valence-corrected chi connectivity index (χ1v) is 12.2. The highest BCUT2D eigenvalue weighted by atomic mass is 16.6. The third-order valence-electron chi connectivity index (χ3n) is 6.53. The Bertz CT molecular complexity index is 1240. The summed E-state index contributed by atoms with van der Waals surface area (Å²) in [6, 6.07) is 15.1.